The van der Waals surface area contributed by atoms with E-state index in [2.05, 4.69) is 5.32 Å². The topological polar surface area (TPSA) is 32.3 Å². The molecule has 0 bridgehead atoms. The Morgan fingerprint density at radius 2 is 2.11 bits per heavy atom. The molecule has 104 valence electrons. The summed E-state index contributed by atoms with van der Waals surface area (Å²) in [6, 6.07) is 0. The van der Waals surface area contributed by atoms with Gasteiger partial charge in [-0.25, -0.2) is 8.78 Å². The van der Waals surface area contributed by atoms with Crippen molar-refractivity contribution in [2.45, 2.75) is 51.0 Å². The molecule has 0 aromatic carbocycles. The molecule has 0 radical (unpaired) electrons. The minimum absolute atomic E-state index is 0.0656. The molecule has 1 unspecified atom stereocenters. The molecule has 1 amide bonds. The van der Waals surface area contributed by atoms with Gasteiger partial charge in [0.15, 0.2) is 0 Å². The van der Waals surface area contributed by atoms with E-state index in [-0.39, 0.29) is 24.3 Å². The standard InChI is InChI=1S/C13H22F2N2O/c1-12(2)9-17(7-6-16-12)11(18)10-4-3-5-13(14,15)8-10/h10,16H,3-9H2,1-2H3. The number of carbonyl (C=O) groups excluding carboxylic acids is 1. The van der Waals surface area contributed by atoms with Gasteiger partial charge in [-0.3, -0.25) is 4.79 Å². The zero-order valence-electron chi connectivity index (χ0n) is 11.1. The van der Waals surface area contributed by atoms with Crippen molar-refractivity contribution in [1.29, 1.82) is 0 Å². The van der Waals surface area contributed by atoms with Gasteiger partial charge in [-0.2, -0.15) is 0 Å². The summed E-state index contributed by atoms with van der Waals surface area (Å²) in [6.07, 6.45) is 0.734. The first-order valence-corrected chi connectivity index (χ1v) is 6.71. The van der Waals surface area contributed by atoms with Gasteiger partial charge in [0.1, 0.15) is 0 Å². The molecule has 0 aromatic heterocycles. The molecular formula is C13H22F2N2O. The Bertz CT molecular complexity index is 301. The van der Waals surface area contributed by atoms with Crippen molar-refractivity contribution in [3.8, 4) is 0 Å². The Labute approximate surface area is 107 Å². The van der Waals surface area contributed by atoms with Crippen LogP contribution in [0, 0.1) is 5.92 Å². The van der Waals surface area contributed by atoms with E-state index in [1.807, 2.05) is 13.8 Å². The largest absolute Gasteiger partial charge is 0.339 e. The predicted octanol–water partition coefficient (Wildman–Crippen LogP) is 2.02. The van der Waals surface area contributed by atoms with Crippen molar-refractivity contribution < 1.29 is 13.6 Å². The molecule has 1 aliphatic heterocycles. The molecule has 3 nitrogen and oxygen atoms in total. The fraction of sp³-hybridized carbons (Fsp3) is 0.923. The second-order valence-electron chi connectivity index (χ2n) is 6.22. The Balaban J connectivity index is 1.98. The molecule has 1 N–H and O–H groups in total. The van der Waals surface area contributed by atoms with Gasteiger partial charge in [0.05, 0.1) is 0 Å². The number of amides is 1. The smallest absolute Gasteiger partial charge is 0.248 e. The van der Waals surface area contributed by atoms with E-state index in [1.165, 1.54) is 0 Å². The fourth-order valence-corrected chi connectivity index (χ4v) is 2.97. The normalized spacial score (nSPS) is 31.1. The first kappa shape index (κ1) is 13.7. The average molecular weight is 260 g/mol. The quantitative estimate of drug-likeness (QED) is 0.782. The summed E-state index contributed by atoms with van der Waals surface area (Å²) in [5, 5.41) is 3.32. The molecule has 2 aliphatic rings. The van der Waals surface area contributed by atoms with Crippen molar-refractivity contribution in [2.75, 3.05) is 19.6 Å². The van der Waals surface area contributed by atoms with Gasteiger partial charge in [0.2, 0.25) is 11.8 Å². The molecule has 0 spiro atoms. The molecule has 2 fully saturated rings. The number of hydrogen-bond donors (Lipinski definition) is 1. The minimum Gasteiger partial charge on any atom is -0.339 e. The highest BCUT2D eigenvalue weighted by atomic mass is 19.3. The zero-order chi connectivity index (χ0) is 13.4. The van der Waals surface area contributed by atoms with E-state index in [0.717, 1.165) is 6.54 Å². The summed E-state index contributed by atoms with van der Waals surface area (Å²) in [5.74, 6) is -3.21. The van der Waals surface area contributed by atoms with E-state index < -0.39 is 11.8 Å². The number of piperazine rings is 1. The Hall–Kier alpha value is -0.710. The lowest BCUT2D eigenvalue weighted by Gasteiger charge is -2.41. The molecule has 1 saturated carbocycles. The van der Waals surface area contributed by atoms with Crippen LogP contribution in [-0.2, 0) is 4.79 Å². The van der Waals surface area contributed by atoms with Crippen LogP contribution in [0.25, 0.3) is 0 Å². The summed E-state index contributed by atoms with van der Waals surface area (Å²) in [6.45, 7) is 6.03. The van der Waals surface area contributed by atoms with Crippen LogP contribution in [-0.4, -0.2) is 41.9 Å². The number of hydrogen-bond acceptors (Lipinski definition) is 2. The van der Waals surface area contributed by atoms with Gasteiger partial charge in [0, 0.05) is 43.9 Å². The maximum atomic E-state index is 13.4. The summed E-state index contributed by atoms with van der Waals surface area (Å²) in [5.41, 5.74) is -0.120. The minimum atomic E-state index is -2.65. The van der Waals surface area contributed by atoms with Gasteiger partial charge in [-0.1, -0.05) is 0 Å². The van der Waals surface area contributed by atoms with Crippen LogP contribution in [0.3, 0.4) is 0 Å². The van der Waals surface area contributed by atoms with Crippen LogP contribution in [0.1, 0.15) is 39.5 Å². The fourth-order valence-electron chi connectivity index (χ4n) is 2.97. The number of rotatable bonds is 1. The summed E-state index contributed by atoms with van der Waals surface area (Å²) in [7, 11) is 0. The van der Waals surface area contributed by atoms with Gasteiger partial charge < -0.3 is 10.2 Å². The summed E-state index contributed by atoms with van der Waals surface area (Å²) >= 11 is 0. The molecule has 5 heteroatoms. The molecule has 1 heterocycles. The maximum Gasteiger partial charge on any atom is 0.248 e. The zero-order valence-corrected chi connectivity index (χ0v) is 11.1. The highest BCUT2D eigenvalue weighted by Gasteiger charge is 2.41. The van der Waals surface area contributed by atoms with Gasteiger partial charge in [0.25, 0.3) is 0 Å². The Morgan fingerprint density at radius 3 is 2.72 bits per heavy atom. The first-order chi connectivity index (χ1) is 8.29. The number of halogens is 2. The van der Waals surface area contributed by atoms with E-state index in [9.17, 15) is 13.6 Å². The third kappa shape index (κ3) is 3.19. The summed E-state index contributed by atoms with van der Waals surface area (Å²) in [4.78, 5) is 14.0. The van der Waals surface area contributed by atoms with Crippen molar-refractivity contribution in [2.24, 2.45) is 5.92 Å². The number of nitrogens with one attached hydrogen (secondary N) is 1. The van der Waals surface area contributed by atoms with Crippen LogP contribution in [0.4, 0.5) is 8.78 Å². The van der Waals surface area contributed by atoms with Crippen molar-refractivity contribution in [1.82, 2.24) is 10.2 Å². The third-order valence-electron chi connectivity index (χ3n) is 3.87. The van der Waals surface area contributed by atoms with E-state index in [4.69, 9.17) is 0 Å². The van der Waals surface area contributed by atoms with Crippen LogP contribution in [0.5, 0.6) is 0 Å². The van der Waals surface area contributed by atoms with Crippen LogP contribution in [0.15, 0.2) is 0 Å². The molecule has 0 aromatic rings. The van der Waals surface area contributed by atoms with Crippen molar-refractivity contribution >= 4 is 5.91 Å². The van der Waals surface area contributed by atoms with E-state index >= 15 is 0 Å². The number of carbonyl (C=O) groups is 1. The lowest BCUT2D eigenvalue weighted by molar-refractivity contribution is -0.144. The maximum absolute atomic E-state index is 13.4. The molecule has 1 atom stereocenters. The SMILES string of the molecule is CC1(C)CN(C(=O)C2CCCC(F)(F)C2)CCN1. The van der Waals surface area contributed by atoms with Crippen LogP contribution in [0.2, 0.25) is 0 Å². The van der Waals surface area contributed by atoms with E-state index in [1.54, 1.807) is 4.90 Å². The second kappa shape index (κ2) is 4.76. The first-order valence-electron chi connectivity index (χ1n) is 6.71. The Morgan fingerprint density at radius 1 is 1.39 bits per heavy atom. The van der Waals surface area contributed by atoms with Crippen molar-refractivity contribution in [3.05, 3.63) is 0 Å². The summed E-state index contributed by atoms with van der Waals surface area (Å²) < 4.78 is 26.7. The van der Waals surface area contributed by atoms with Gasteiger partial charge >= 0.3 is 0 Å². The molecule has 2 rings (SSSR count). The second-order valence-corrected chi connectivity index (χ2v) is 6.22. The molecule has 1 aliphatic carbocycles. The lowest BCUT2D eigenvalue weighted by atomic mass is 9.85. The average Bonchev–Trinajstić information content (AvgIpc) is 2.25. The van der Waals surface area contributed by atoms with E-state index in [0.29, 0.717) is 25.9 Å². The lowest BCUT2D eigenvalue weighted by Crippen LogP contribution is -2.59. The Kier molecular flexibility index (Phi) is 3.63. The predicted molar refractivity (Wildman–Crippen MR) is 65.6 cm³/mol. The highest BCUT2D eigenvalue weighted by Crippen LogP contribution is 2.37. The highest BCUT2D eigenvalue weighted by molar-refractivity contribution is 5.79. The molecule has 1 saturated heterocycles. The number of nitrogens with zero attached hydrogens (tertiary/aromatic N) is 1. The monoisotopic (exact) mass is 260 g/mol. The number of alkyl halides is 2. The third-order valence-corrected chi connectivity index (χ3v) is 3.87. The van der Waals surface area contributed by atoms with Crippen molar-refractivity contribution in [3.63, 3.8) is 0 Å². The molecular weight excluding hydrogens is 238 g/mol. The van der Waals surface area contributed by atoms with Crippen LogP contribution < -0.4 is 5.32 Å². The van der Waals surface area contributed by atoms with Gasteiger partial charge in [-0.05, 0) is 26.7 Å². The van der Waals surface area contributed by atoms with Gasteiger partial charge in [-0.15, -0.1) is 0 Å². The van der Waals surface area contributed by atoms with Crippen LogP contribution >= 0.6 is 0 Å². The molecule has 18 heavy (non-hydrogen) atoms.